The topological polar surface area (TPSA) is 114 Å². The van der Waals surface area contributed by atoms with E-state index in [1.807, 2.05) is 32.9 Å². The molecule has 0 radical (unpaired) electrons. The third kappa shape index (κ3) is 4.49. The molecule has 0 saturated heterocycles. The van der Waals surface area contributed by atoms with Gasteiger partial charge in [-0.15, -0.1) is 0 Å². The van der Waals surface area contributed by atoms with Gasteiger partial charge in [-0.25, -0.2) is 4.68 Å². The summed E-state index contributed by atoms with van der Waals surface area (Å²) in [6.45, 7) is 9.91. The van der Waals surface area contributed by atoms with Crippen LogP contribution in [-0.2, 0) is 17.6 Å². The number of fused-ring (bicyclic) bond motifs is 3. The van der Waals surface area contributed by atoms with Gasteiger partial charge in [0, 0.05) is 18.5 Å². The summed E-state index contributed by atoms with van der Waals surface area (Å²) < 4.78 is 7.44. The van der Waals surface area contributed by atoms with E-state index >= 15 is 0 Å². The first kappa shape index (κ1) is 24.4. The number of nitrogens with one attached hydrogen (secondary N) is 1. The quantitative estimate of drug-likeness (QED) is 0.519. The van der Waals surface area contributed by atoms with Crippen LogP contribution in [0.5, 0.6) is 5.75 Å². The van der Waals surface area contributed by atoms with Crippen LogP contribution in [0.3, 0.4) is 0 Å². The lowest BCUT2D eigenvalue weighted by Crippen LogP contribution is -2.36. The molecule has 8 nitrogen and oxygen atoms in total. The number of aryl methyl sites for hydroxylation is 4. The van der Waals surface area contributed by atoms with Gasteiger partial charge in [-0.1, -0.05) is 26.0 Å². The smallest absolute Gasteiger partial charge is 0.247 e. The summed E-state index contributed by atoms with van der Waals surface area (Å²) in [6, 6.07) is 4.01. The van der Waals surface area contributed by atoms with Crippen LogP contribution in [0.15, 0.2) is 12.1 Å². The maximum atomic E-state index is 13.0. The Labute approximate surface area is 200 Å². The molecule has 1 saturated carbocycles. The van der Waals surface area contributed by atoms with E-state index in [9.17, 15) is 14.7 Å². The highest BCUT2D eigenvalue weighted by atomic mass is 16.5. The lowest BCUT2D eigenvalue weighted by Gasteiger charge is -2.17. The summed E-state index contributed by atoms with van der Waals surface area (Å²) in [6.07, 6.45) is 1.05. The van der Waals surface area contributed by atoms with E-state index in [4.69, 9.17) is 9.84 Å². The van der Waals surface area contributed by atoms with E-state index in [0.29, 0.717) is 35.8 Å². The molecule has 4 rings (SSSR count). The number of aliphatic hydroxyl groups excluding tert-OH is 2. The van der Waals surface area contributed by atoms with E-state index in [1.54, 1.807) is 4.68 Å². The molecule has 3 atom stereocenters. The molecule has 2 aromatic rings. The van der Waals surface area contributed by atoms with Crippen molar-refractivity contribution in [1.82, 2.24) is 15.1 Å². The van der Waals surface area contributed by atoms with Crippen molar-refractivity contribution in [2.45, 2.75) is 65.9 Å². The van der Waals surface area contributed by atoms with Crippen LogP contribution in [-0.4, -0.2) is 57.7 Å². The fourth-order valence-electron chi connectivity index (χ4n) is 5.60. The predicted octanol–water partition coefficient (Wildman–Crippen LogP) is 2.23. The minimum Gasteiger partial charge on any atom is -0.490 e. The van der Waals surface area contributed by atoms with Crippen molar-refractivity contribution in [1.29, 1.82) is 0 Å². The Kier molecular flexibility index (Phi) is 6.57. The monoisotopic (exact) mass is 469 g/mol. The molecule has 2 aliphatic rings. The molecule has 34 heavy (non-hydrogen) atoms. The number of carbonyl (C=O) groups excluding carboxylic acids is 2. The molecule has 1 fully saturated rings. The van der Waals surface area contributed by atoms with Crippen LogP contribution < -0.4 is 10.1 Å². The lowest BCUT2D eigenvalue weighted by molar-refractivity contribution is -0.124. The zero-order chi connectivity index (χ0) is 24.8. The van der Waals surface area contributed by atoms with Gasteiger partial charge in [0.05, 0.1) is 11.4 Å². The van der Waals surface area contributed by atoms with E-state index in [0.717, 1.165) is 34.5 Å². The number of hydrogen-bond acceptors (Lipinski definition) is 6. The van der Waals surface area contributed by atoms with Gasteiger partial charge in [-0.05, 0) is 67.6 Å². The number of rotatable bonds is 9. The van der Waals surface area contributed by atoms with Gasteiger partial charge in [0.1, 0.15) is 25.1 Å². The first-order valence-corrected chi connectivity index (χ1v) is 11.9. The normalized spacial score (nSPS) is 20.4. The van der Waals surface area contributed by atoms with E-state index in [-0.39, 0.29) is 19.1 Å². The number of amides is 1. The molecule has 3 N–H and O–H groups in total. The number of hydrogen-bond donors (Lipinski definition) is 3. The number of ether oxygens (including phenoxy) is 1. The molecule has 184 valence electrons. The second kappa shape index (κ2) is 9.15. The van der Waals surface area contributed by atoms with E-state index in [2.05, 4.69) is 24.3 Å². The van der Waals surface area contributed by atoms with Gasteiger partial charge in [-0.3, -0.25) is 9.59 Å². The van der Waals surface area contributed by atoms with Crippen molar-refractivity contribution < 1.29 is 24.5 Å². The fraction of sp³-hybridized carbons (Fsp3) is 0.577. The molecule has 0 bridgehead atoms. The highest BCUT2D eigenvalue weighted by Crippen LogP contribution is 2.70. The SMILES string of the molecule is Cc1cc(CCC(=O)n2nc(C)c3c2CC2C3C2(C)C)cc(C)c1OCC(O)CNC(=O)CO. The van der Waals surface area contributed by atoms with Crippen molar-refractivity contribution in [3.63, 3.8) is 0 Å². The molecule has 2 aliphatic carbocycles. The van der Waals surface area contributed by atoms with Crippen LogP contribution in [0.2, 0.25) is 0 Å². The number of benzene rings is 1. The number of aromatic nitrogens is 2. The molecule has 0 spiro atoms. The Balaban J connectivity index is 1.35. The van der Waals surface area contributed by atoms with Gasteiger partial charge < -0.3 is 20.3 Å². The highest BCUT2D eigenvalue weighted by molar-refractivity contribution is 5.80. The zero-order valence-corrected chi connectivity index (χ0v) is 20.6. The van der Waals surface area contributed by atoms with E-state index in [1.165, 1.54) is 5.56 Å². The predicted molar refractivity (Wildman–Crippen MR) is 127 cm³/mol. The number of aliphatic hydroxyl groups is 2. The van der Waals surface area contributed by atoms with Gasteiger partial charge in [-0.2, -0.15) is 5.10 Å². The number of nitrogens with zero attached hydrogens (tertiary/aromatic N) is 2. The molecule has 3 unspecified atom stereocenters. The van der Waals surface area contributed by atoms with Crippen molar-refractivity contribution in [3.05, 3.63) is 45.8 Å². The Morgan fingerprint density at radius 3 is 2.59 bits per heavy atom. The first-order valence-electron chi connectivity index (χ1n) is 11.9. The minimum absolute atomic E-state index is 0.00722. The maximum Gasteiger partial charge on any atom is 0.247 e. The van der Waals surface area contributed by atoms with Gasteiger partial charge in [0.15, 0.2) is 0 Å². The van der Waals surface area contributed by atoms with Crippen LogP contribution >= 0.6 is 0 Å². The number of carbonyl (C=O) groups is 2. The molecule has 1 amide bonds. The van der Waals surface area contributed by atoms with Crippen LogP contribution in [0.1, 0.15) is 64.6 Å². The molecule has 1 heterocycles. The molecular formula is C26H35N3O5. The third-order valence-corrected chi connectivity index (χ3v) is 7.46. The first-order chi connectivity index (χ1) is 16.0. The largest absolute Gasteiger partial charge is 0.490 e. The molecule has 1 aromatic carbocycles. The van der Waals surface area contributed by atoms with E-state index < -0.39 is 18.6 Å². The fourth-order valence-corrected chi connectivity index (χ4v) is 5.60. The van der Waals surface area contributed by atoms with Crippen LogP contribution in [0, 0.1) is 32.1 Å². The van der Waals surface area contributed by atoms with Crippen molar-refractivity contribution in [3.8, 4) is 5.75 Å². The molecule has 8 heteroatoms. The summed E-state index contributed by atoms with van der Waals surface area (Å²) in [4.78, 5) is 24.1. The van der Waals surface area contributed by atoms with Gasteiger partial charge >= 0.3 is 0 Å². The summed E-state index contributed by atoms with van der Waals surface area (Å²) in [7, 11) is 0. The van der Waals surface area contributed by atoms with Crippen molar-refractivity contribution in [2.75, 3.05) is 19.8 Å². The Morgan fingerprint density at radius 2 is 1.94 bits per heavy atom. The summed E-state index contributed by atoms with van der Waals surface area (Å²) >= 11 is 0. The third-order valence-electron chi connectivity index (χ3n) is 7.46. The second-order valence-electron chi connectivity index (χ2n) is 10.3. The summed E-state index contributed by atoms with van der Waals surface area (Å²) in [5.74, 6) is 1.37. The van der Waals surface area contributed by atoms with Crippen molar-refractivity contribution >= 4 is 11.8 Å². The molecular weight excluding hydrogens is 434 g/mol. The molecule has 0 aliphatic heterocycles. The zero-order valence-electron chi connectivity index (χ0n) is 20.6. The minimum atomic E-state index is -0.887. The summed E-state index contributed by atoms with van der Waals surface area (Å²) in [5.41, 5.74) is 6.64. The maximum absolute atomic E-state index is 13.0. The summed E-state index contributed by atoms with van der Waals surface area (Å²) in [5, 5.41) is 25.7. The lowest BCUT2D eigenvalue weighted by atomic mass is 9.98. The van der Waals surface area contributed by atoms with Gasteiger partial charge in [0.25, 0.3) is 0 Å². The van der Waals surface area contributed by atoms with Crippen LogP contribution in [0.25, 0.3) is 0 Å². The van der Waals surface area contributed by atoms with Gasteiger partial charge in [0.2, 0.25) is 11.8 Å². The van der Waals surface area contributed by atoms with Crippen LogP contribution in [0.4, 0.5) is 0 Å². The Morgan fingerprint density at radius 1 is 1.26 bits per heavy atom. The average molecular weight is 470 g/mol. The Hall–Kier alpha value is -2.71. The molecule has 1 aromatic heterocycles. The van der Waals surface area contributed by atoms with Crippen molar-refractivity contribution in [2.24, 2.45) is 11.3 Å². The Bertz CT molecular complexity index is 1100. The highest BCUT2D eigenvalue weighted by Gasteiger charge is 2.64. The standard InChI is InChI=1S/C26H35N3O5/c1-14-8-17(9-15(2)25(14)34-13-18(31)11-27-21(32)12-30)6-7-22(33)29-20-10-19-24(26(19,4)5)23(20)16(3)28-29/h8-9,18-19,24,30-31H,6-7,10-13H2,1-5H3,(H,27,32). The second-order valence-corrected chi connectivity index (χ2v) is 10.3. The average Bonchev–Trinajstić information content (AvgIpc) is 3.10.